The van der Waals surface area contributed by atoms with Crippen molar-refractivity contribution < 1.29 is 13.2 Å². The van der Waals surface area contributed by atoms with Crippen LogP contribution in [0.4, 0.5) is 0 Å². The van der Waals surface area contributed by atoms with Crippen LogP contribution >= 0.6 is 0 Å². The number of piperidine rings is 1. The van der Waals surface area contributed by atoms with Crippen LogP contribution in [0.3, 0.4) is 0 Å². The highest BCUT2D eigenvalue weighted by Crippen LogP contribution is 2.23. The van der Waals surface area contributed by atoms with Crippen LogP contribution in [0.5, 0.6) is 0 Å². The molecule has 0 bridgehead atoms. The molecule has 2 rings (SSSR count). The number of hydrogen-bond donors (Lipinski definition) is 0. The van der Waals surface area contributed by atoms with E-state index in [0.29, 0.717) is 19.1 Å². The molecule has 19 heavy (non-hydrogen) atoms. The summed E-state index contributed by atoms with van der Waals surface area (Å²) in [5.74, 6) is -0.270. The van der Waals surface area contributed by atoms with Crippen LogP contribution < -0.4 is 0 Å². The van der Waals surface area contributed by atoms with Crippen LogP contribution in [0, 0.1) is 0 Å². The van der Waals surface area contributed by atoms with Gasteiger partial charge in [0, 0.05) is 37.8 Å². The minimum absolute atomic E-state index is 0.270. The Balaban J connectivity index is 1.95. The fraction of sp³-hybridized carbons (Fsp3) is 0.615. The first kappa shape index (κ1) is 14.1. The van der Waals surface area contributed by atoms with E-state index in [1.165, 1.54) is 6.92 Å². The maximum Gasteiger partial charge on any atom is 0.240 e. The van der Waals surface area contributed by atoms with Crippen molar-refractivity contribution in [2.45, 2.75) is 31.1 Å². The number of amides is 1. The molecule has 1 amide bonds. The summed E-state index contributed by atoms with van der Waals surface area (Å²) in [7, 11) is -3.30. The molecule has 1 atom stereocenters. The lowest BCUT2D eigenvalue weighted by atomic mass is 10.0. The second kappa shape index (κ2) is 5.36. The number of carbonyl (C=O) groups excluding carboxylic acids is 1. The highest BCUT2D eigenvalue weighted by atomic mass is 32.2. The summed E-state index contributed by atoms with van der Waals surface area (Å²) in [6.07, 6.45) is 6.92. The first-order chi connectivity index (χ1) is 8.89. The molecule has 1 aliphatic heterocycles. The third-order valence-corrected chi connectivity index (χ3v) is 5.30. The zero-order valence-corrected chi connectivity index (χ0v) is 12.1. The second-order valence-electron chi connectivity index (χ2n) is 5.16. The normalized spacial score (nSPS) is 19.4. The number of rotatable bonds is 3. The Kier molecular flexibility index (Phi) is 3.99. The second-order valence-corrected chi connectivity index (χ2v) is 7.52. The SMILES string of the molecule is C[C@H](C(=O)N1CCC(n2cccc2)CC1)S(C)(=O)=O. The van der Waals surface area contributed by atoms with Gasteiger partial charge in [-0.1, -0.05) is 0 Å². The van der Waals surface area contributed by atoms with Gasteiger partial charge >= 0.3 is 0 Å². The Morgan fingerprint density at radius 2 is 1.74 bits per heavy atom. The number of aromatic nitrogens is 1. The molecule has 0 aromatic carbocycles. The van der Waals surface area contributed by atoms with E-state index in [4.69, 9.17) is 0 Å². The minimum Gasteiger partial charge on any atom is -0.351 e. The van der Waals surface area contributed by atoms with E-state index < -0.39 is 15.1 Å². The van der Waals surface area contributed by atoms with Gasteiger partial charge < -0.3 is 9.47 Å². The summed E-state index contributed by atoms with van der Waals surface area (Å²) in [5, 5.41) is -0.935. The molecule has 106 valence electrons. The van der Waals surface area contributed by atoms with Crippen molar-refractivity contribution in [1.29, 1.82) is 0 Å². The van der Waals surface area contributed by atoms with E-state index in [1.54, 1.807) is 4.90 Å². The Morgan fingerprint density at radius 3 is 2.21 bits per heavy atom. The Hall–Kier alpha value is -1.30. The highest BCUT2D eigenvalue weighted by Gasteiger charge is 2.31. The molecule has 1 aliphatic rings. The first-order valence-corrected chi connectivity index (χ1v) is 8.45. The van der Waals surface area contributed by atoms with Gasteiger partial charge in [0.1, 0.15) is 5.25 Å². The molecular weight excluding hydrogens is 264 g/mol. The van der Waals surface area contributed by atoms with Gasteiger partial charge in [-0.3, -0.25) is 4.79 Å². The van der Waals surface area contributed by atoms with Crippen molar-refractivity contribution in [2.75, 3.05) is 19.3 Å². The summed E-state index contributed by atoms with van der Waals surface area (Å²) in [4.78, 5) is 13.8. The van der Waals surface area contributed by atoms with Crippen molar-refractivity contribution >= 4 is 15.7 Å². The zero-order chi connectivity index (χ0) is 14.0. The molecule has 1 aromatic rings. The molecule has 0 N–H and O–H groups in total. The summed E-state index contributed by atoms with van der Waals surface area (Å²) in [6.45, 7) is 2.72. The quantitative estimate of drug-likeness (QED) is 0.834. The summed E-state index contributed by atoms with van der Waals surface area (Å²) < 4.78 is 25.0. The largest absolute Gasteiger partial charge is 0.351 e. The number of likely N-dealkylation sites (tertiary alicyclic amines) is 1. The number of carbonyl (C=O) groups is 1. The van der Waals surface area contributed by atoms with E-state index in [2.05, 4.69) is 4.57 Å². The predicted octanol–water partition coefficient (Wildman–Crippen LogP) is 1.08. The van der Waals surface area contributed by atoms with Crippen LogP contribution in [-0.4, -0.2) is 48.4 Å². The third-order valence-electron chi connectivity index (χ3n) is 3.82. The lowest BCUT2D eigenvalue weighted by molar-refractivity contribution is -0.131. The van der Waals surface area contributed by atoms with Crippen molar-refractivity contribution in [2.24, 2.45) is 0 Å². The highest BCUT2D eigenvalue weighted by molar-refractivity contribution is 7.92. The van der Waals surface area contributed by atoms with Gasteiger partial charge in [-0.15, -0.1) is 0 Å². The lowest BCUT2D eigenvalue weighted by Crippen LogP contribution is -2.45. The fourth-order valence-corrected chi connectivity index (χ4v) is 2.93. The Labute approximate surface area is 114 Å². The topological polar surface area (TPSA) is 59.4 Å². The molecule has 2 heterocycles. The summed E-state index contributed by atoms with van der Waals surface area (Å²) in [5.41, 5.74) is 0. The van der Waals surface area contributed by atoms with Gasteiger partial charge in [-0.05, 0) is 31.9 Å². The minimum atomic E-state index is -3.30. The molecule has 0 saturated carbocycles. The third kappa shape index (κ3) is 3.18. The Bertz CT molecular complexity index is 528. The number of sulfone groups is 1. The smallest absolute Gasteiger partial charge is 0.240 e. The molecule has 6 heteroatoms. The standard InChI is InChI=1S/C13H20N2O3S/c1-11(19(2,17)18)13(16)15-9-5-12(6-10-15)14-7-3-4-8-14/h3-4,7-8,11-12H,5-6,9-10H2,1-2H3/t11-/m1/s1. The monoisotopic (exact) mass is 284 g/mol. The average molecular weight is 284 g/mol. The van der Waals surface area contributed by atoms with E-state index in [1.807, 2.05) is 24.5 Å². The first-order valence-electron chi connectivity index (χ1n) is 6.49. The van der Waals surface area contributed by atoms with Crippen LogP contribution in [0.2, 0.25) is 0 Å². The summed E-state index contributed by atoms with van der Waals surface area (Å²) in [6, 6.07) is 4.39. The van der Waals surface area contributed by atoms with Gasteiger partial charge in [0.15, 0.2) is 9.84 Å². The van der Waals surface area contributed by atoms with Crippen molar-refractivity contribution in [1.82, 2.24) is 9.47 Å². The number of nitrogens with zero attached hydrogens (tertiary/aromatic N) is 2. The maximum absolute atomic E-state index is 12.1. The van der Waals surface area contributed by atoms with Gasteiger partial charge in [0.2, 0.25) is 5.91 Å². The van der Waals surface area contributed by atoms with E-state index in [9.17, 15) is 13.2 Å². The Morgan fingerprint density at radius 1 is 1.21 bits per heavy atom. The molecular formula is C13H20N2O3S. The van der Waals surface area contributed by atoms with Gasteiger partial charge in [0.25, 0.3) is 0 Å². The van der Waals surface area contributed by atoms with Crippen molar-refractivity contribution in [3.8, 4) is 0 Å². The van der Waals surface area contributed by atoms with Crippen LogP contribution in [0.25, 0.3) is 0 Å². The van der Waals surface area contributed by atoms with E-state index in [-0.39, 0.29) is 5.91 Å². The van der Waals surface area contributed by atoms with Gasteiger partial charge in [0.05, 0.1) is 0 Å². The molecule has 1 aromatic heterocycles. The van der Waals surface area contributed by atoms with Crippen molar-refractivity contribution in [3.05, 3.63) is 24.5 Å². The summed E-state index contributed by atoms with van der Waals surface area (Å²) >= 11 is 0. The molecule has 5 nitrogen and oxygen atoms in total. The van der Waals surface area contributed by atoms with Crippen molar-refractivity contribution in [3.63, 3.8) is 0 Å². The molecule has 1 fully saturated rings. The predicted molar refractivity (Wildman–Crippen MR) is 73.6 cm³/mol. The molecule has 0 unspecified atom stereocenters. The molecule has 0 radical (unpaired) electrons. The average Bonchev–Trinajstić information content (AvgIpc) is 2.90. The van der Waals surface area contributed by atoms with Crippen LogP contribution in [-0.2, 0) is 14.6 Å². The van der Waals surface area contributed by atoms with Gasteiger partial charge in [-0.2, -0.15) is 0 Å². The number of hydrogen-bond acceptors (Lipinski definition) is 3. The zero-order valence-electron chi connectivity index (χ0n) is 11.3. The van der Waals surface area contributed by atoms with Gasteiger partial charge in [-0.25, -0.2) is 8.42 Å². The van der Waals surface area contributed by atoms with Crippen LogP contribution in [0.1, 0.15) is 25.8 Å². The maximum atomic E-state index is 12.1. The lowest BCUT2D eigenvalue weighted by Gasteiger charge is -2.33. The molecule has 0 spiro atoms. The molecule has 0 aliphatic carbocycles. The van der Waals surface area contributed by atoms with Crippen LogP contribution in [0.15, 0.2) is 24.5 Å². The van der Waals surface area contributed by atoms with E-state index >= 15 is 0 Å². The fourth-order valence-electron chi connectivity index (χ4n) is 2.42. The molecule has 1 saturated heterocycles. The van der Waals surface area contributed by atoms with E-state index in [0.717, 1.165) is 19.1 Å².